The molecule has 1 unspecified atom stereocenters. The van der Waals surface area contributed by atoms with Crippen LogP contribution in [0.15, 0.2) is 35.2 Å². The summed E-state index contributed by atoms with van der Waals surface area (Å²) in [5, 5.41) is 4.94. The Morgan fingerprint density at radius 1 is 1.40 bits per heavy atom. The van der Waals surface area contributed by atoms with E-state index in [9.17, 15) is 4.79 Å². The molecular formula is C15H19N3OS. The number of nitrogens with two attached hydrogens (primary N) is 1. The molecule has 0 bridgehead atoms. The minimum Gasteiger partial charge on any atom is -0.399 e. The van der Waals surface area contributed by atoms with Gasteiger partial charge in [-0.25, -0.2) is 4.98 Å². The number of rotatable bonds is 6. The van der Waals surface area contributed by atoms with Gasteiger partial charge in [0.2, 0.25) is 5.91 Å². The summed E-state index contributed by atoms with van der Waals surface area (Å²) in [7, 11) is 0. The fourth-order valence-electron chi connectivity index (χ4n) is 1.98. The first-order valence-electron chi connectivity index (χ1n) is 6.64. The number of nitrogens with one attached hydrogen (secondary N) is 1. The molecule has 1 aromatic carbocycles. The number of anilines is 1. The average Bonchev–Trinajstić information content (AvgIpc) is 2.92. The summed E-state index contributed by atoms with van der Waals surface area (Å²) < 4.78 is 0. The predicted octanol–water partition coefficient (Wildman–Crippen LogP) is 2.58. The van der Waals surface area contributed by atoms with Gasteiger partial charge in [-0.15, -0.1) is 11.3 Å². The molecule has 5 heteroatoms. The Morgan fingerprint density at radius 2 is 2.15 bits per heavy atom. The van der Waals surface area contributed by atoms with Gasteiger partial charge in [-0.3, -0.25) is 4.79 Å². The van der Waals surface area contributed by atoms with Crippen molar-refractivity contribution in [3.05, 3.63) is 46.4 Å². The third kappa shape index (κ3) is 4.35. The van der Waals surface area contributed by atoms with Crippen molar-refractivity contribution in [3.8, 4) is 0 Å². The van der Waals surface area contributed by atoms with Gasteiger partial charge in [-0.05, 0) is 23.6 Å². The van der Waals surface area contributed by atoms with E-state index in [0.29, 0.717) is 13.0 Å². The number of carbonyl (C=O) groups is 1. The number of benzene rings is 1. The molecular weight excluding hydrogens is 270 g/mol. The van der Waals surface area contributed by atoms with E-state index in [1.54, 1.807) is 16.8 Å². The second-order valence-corrected chi connectivity index (χ2v) is 5.57. The van der Waals surface area contributed by atoms with Crippen LogP contribution in [0, 0.1) is 0 Å². The standard InChI is InChI=1S/C15H19N3OS/c1-11(12-2-4-13(16)5-3-12)8-15(19)17-7-6-14-9-20-10-18-14/h2-5,9-11H,6-8,16H2,1H3,(H,17,19). The first-order chi connectivity index (χ1) is 9.65. The lowest BCUT2D eigenvalue weighted by Gasteiger charge is -2.12. The zero-order valence-electron chi connectivity index (χ0n) is 11.5. The van der Waals surface area contributed by atoms with Crippen LogP contribution in [0.25, 0.3) is 0 Å². The van der Waals surface area contributed by atoms with Crippen molar-refractivity contribution in [1.29, 1.82) is 0 Å². The highest BCUT2D eigenvalue weighted by molar-refractivity contribution is 7.07. The van der Waals surface area contributed by atoms with Crippen LogP contribution in [0.3, 0.4) is 0 Å². The van der Waals surface area contributed by atoms with E-state index in [0.717, 1.165) is 23.4 Å². The third-order valence-corrected chi connectivity index (χ3v) is 3.82. The number of aromatic nitrogens is 1. The zero-order valence-corrected chi connectivity index (χ0v) is 12.3. The van der Waals surface area contributed by atoms with E-state index in [2.05, 4.69) is 10.3 Å². The minimum absolute atomic E-state index is 0.0737. The highest BCUT2D eigenvalue weighted by Gasteiger charge is 2.10. The number of amides is 1. The molecule has 0 aliphatic rings. The Hall–Kier alpha value is -1.88. The number of carbonyl (C=O) groups excluding carboxylic acids is 1. The van der Waals surface area contributed by atoms with E-state index >= 15 is 0 Å². The van der Waals surface area contributed by atoms with Gasteiger partial charge in [0.1, 0.15) is 0 Å². The number of hydrogen-bond acceptors (Lipinski definition) is 4. The predicted molar refractivity (Wildman–Crippen MR) is 82.7 cm³/mol. The Balaban J connectivity index is 1.74. The van der Waals surface area contributed by atoms with E-state index in [4.69, 9.17) is 5.73 Å². The summed E-state index contributed by atoms with van der Waals surface area (Å²) >= 11 is 1.57. The largest absolute Gasteiger partial charge is 0.399 e. The van der Waals surface area contributed by atoms with Gasteiger partial charge in [0, 0.05) is 30.5 Å². The lowest BCUT2D eigenvalue weighted by atomic mass is 9.97. The molecule has 0 radical (unpaired) electrons. The molecule has 1 amide bonds. The molecule has 1 aromatic heterocycles. The van der Waals surface area contributed by atoms with Crippen molar-refractivity contribution >= 4 is 22.9 Å². The Morgan fingerprint density at radius 3 is 2.80 bits per heavy atom. The quantitative estimate of drug-likeness (QED) is 0.803. The van der Waals surface area contributed by atoms with Crippen molar-refractivity contribution in [2.75, 3.05) is 12.3 Å². The monoisotopic (exact) mass is 289 g/mol. The van der Waals surface area contributed by atoms with Gasteiger partial charge >= 0.3 is 0 Å². The molecule has 0 aliphatic heterocycles. The zero-order chi connectivity index (χ0) is 14.4. The fraction of sp³-hybridized carbons (Fsp3) is 0.333. The molecule has 0 spiro atoms. The molecule has 3 N–H and O–H groups in total. The Bertz CT molecular complexity index is 537. The van der Waals surface area contributed by atoms with E-state index in [-0.39, 0.29) is 11.8 Å². The van der Waals surface area contributed by atoms with Crippen LogP contribution in [0.5, 0.6) is 0 Å². The van der Waals surface area contributed by atoms with Crippen molar-refractivity contribution < 1.29 is 4.79 Å². The molecule has 2 rings (SSSR count). The molecule has 20 heavy (non-hydrogen) atoms. The number of nitrogens with zero attached hydrogens (tertiary/aromatic N) is 1. The Labute approximate surface area is 123 Å². The molecule has 0 fully saturated rings. The van der Waals surface area contributed by atoms with Crippen LogP contribution in [-0.4, -0.2) is 17.4 Å². The molecule has 0 saturated heterocycles. The topological polar surface area (TPSA) is 68.0 Å². The maximum absolute atomic E-state index is 11.9. The fourth-order valence-corrected chi connectivity index (χ4v) is 2.58. The van der Waals surface area contributed by atoms with Crippen LogP contribution in [0.2, 0.25) is 0 Å². The van der Waals surface area contributed by atoms with Crippen LogP contribution in [-0.2, 0) is 11.2 Å². The number of nitrogen functional groups attached to an aromatic ring is 1. The van der Waals surface area contributed by atoms with Crippen LogP contribution in [0.4, 0.5) is 5.69 Å². The van der Waals surface area contributed by atoms with Gasteiger partial charge in [0.25, 0.3) is 0 Å². The Kier molecular flexibility index (Phi) is 5.12. The maximum Gasteiger partial charge on any atom is 0.220 e. The summed E-state index contributed by atoms with van der Waals surface area (Å²) in [6, 6.07) is 7.68. The summed E-state index contributed by atoms with van der Waals surface area (Å²) in [6.45, 7) is 2.68. The molecule has 4 nitrogen and oxygen atoms in total. The molecule has 0 aliphatic carbocycles. The normalized spacial score (nSPS) is 12.1. The summed E-state index contributed by atoms with van der Waals surface area (Å²) in [4.78, 5) is 16.1. The SMILES string of the molecule is CC(CC(=O)NCCc1cscn1)c1ccc(N)cc1. The molecule has 106 valence electrons. The van der Waals surface area contributed by atoms with Crippen molar-refractivity contribution in [2.24, 2.45) is 0 Å². The van der Waals surface area contributed by atoms with Gasteiger partial charge in [-0.2, -0.15) is 0 Å². The van der Waals surface area contributed by atoms with Crippen LogP contribution >= 0.6 is 11.3 Å². The maximum atomic E-state index is 11.9. The summed E-state index contributed by atoms with van der Waals surface area (Å²) in [5.74, 6) is 0.263. The highest BCUT2D eigenvalue weighted by Crippen LogP contribution is 2.19. The van der Waals surface area contributed by atoms with Crippen molar-refractivity contribution in [1.82, 2.24) is 10.3 Å². The van der Waals surface area contributed by atoms with Gasteiger partial charge in [0.15, 0.2) is 0 Å². The second kappa shape index (κ2) is 7.05. The summed E-state index contributed by atoms with van der Waals surface area (Å²) in [6.07, 6.45) is 1.27. The van der Waals surface area contributed by atoms with Crippen molar-refractivity contribution in [2.45, 2.75) is 25.7 Å². The molecule has 1 atom stereocenters. The third-order valence-electron chi connectivity index (χ3n) is 3.18. The smallest absolute Gasteiger partial charge is 0.220 e. The lowest BCUT2D eigenvalue weighted by Crippen LogP contribution is -2.26. The van der Waals surface area contributed by atoms with Crippen LogP contribution in [0.1, 0.15) is 30.5 Å². The first-order valence-corrected chi connectivity index (χ1v) is 7.58. The minimum atomic E-state index is 0.0737. The number of hydrogen-bond donors (Lipinski definition) is 2. The number of thiazole rings is 1. The van der Waals surface area contributed by atoms with E-state index in [1.165, 1.54) is 0 Å². The summed E-state index contributed by atoms with van der Waals surface area (Å²) in [5.41, 5.74) is 10.4. The molecule has 1 heterocycles. The first kappa shape index (κ1) is 14.5. The van der Waals surface area contributed by atoms with Gasteiger partial charge in [-0.1, -0.05) is 19.1 Å². The van der Waals surface area contributed by atoms with Crippen LogP contribution < -0.4 is 11.1 Å². The van der Waals surface area contributed by atoms with E-state index in [1.807, 2.05) is 36.6 Å². The van der Waals surface area contributed by atoms with Gasteiger partial charge in [0.05, 0.1) is 11.2 Å². The average molecular weight is 289 g/mol. The van der Waals surface area contributed by atoms with Crippen molar-refractivity contribution in [3.63, 3.8) is 0 Å². The van der Waals surface area contributed by atoms with Gasteiger partial charge < -0.3 is 11.1 Å². The lowest BCUT2D eigenvalue weighted by molar-refractivity contribution is -0.121. The van der Waals surface area contributed by atoms with E-state index < -0.39 is 0 Å². The molecule has 0 saturated carbocycles. The molecule has 2 aromatic rings. The second-order valence-electron chi connectivity index (χ2n) is 4.85. The highest BCUT2D eigenvalue weighted by atomic mass is 32.1.